The molecular weight excluding hydrogens is 388 g/mol. The maximum atomic E-state index is 12.9. The zero-order chi connectivity index (χ0) is 20.4. The van der Waals surface area contributed by atoms with Gasteiger partial charge in [-0.25, -0.2) is 13.1 Å². The Morgan fingerprint density at radius 1 is 1.03 bits per heavy atom. The molecule has 7 heteroatoms. The number of ether oxygens (including phenoxy) is 1. The molecule has 0 radical (unpaired) electrons. The van der Waals surface area contributed by atoms with E-state index in [-0.39, 0.29) is 17.3 Å². The molecule has 3 aromatic rings. The maximum absolute atomic E-state index is 12.9. The number of amides is 1. The van der Waals surface area contributed by atoms with Crippen molar-refractivity contribution in [1.82, 2.24) is 4.72 Å². The van der Waals surface area contributed by atoms with Crippen LogP contribution in [-0.2, 0) is 21.4 Å². The molecule has 0 atom stereocenters. The topological polar surface area (TPSA) is 75.7 Å². The highest BCUT2D eigenvalue weighted by atomic mass is 32.2. The van der Waals surface area contributed by atoms with Gasteiger partial charge in [0.05, 0.1) is 17.7 Å². The van der Waals surface area contributed by atoms with Crippen molar-refractivity contribution < 1.29 is 17.9 Å². The van der Waals surface area contributed by atoms with Crippen LogP contribution in [0.4, 0.5) is 5.69 Å². The third-order valence-corrected chi connectivity index (χ3v) is 6.50. The van der Waals surface area contributed by atoms with Crippen LogP contribution in [0.5, 0.6) is 5.75 Å². The number of sulfonamides is 1. The Kier molecular flexibility index (Phi) is 5.25. The number of hydrogen-bond donors (Lipinski definition) is 1. The van der Waals surface area contributed by atoms with Gasteiger partial charge in [0.25, 0.3) is 0 Å². The van der Waals surface area contributed by atoms with E-state index in [2.05, 4.69) is 4.72 Å². The van der Waals surface area contributed by atoms with Gasteiger partial charge in [-0.1, -0.05) is 36.4 Å². The zero-order valence-electron chi connectivity index (χ0n) is 16.1. The Labute approximate surface area is 170 Å². The van der Waals surface area contributed by atoms with E-state index in [1.807, 2.05) is 42.5 Å². The second kappa shape index (κ2) is 7.85. The van der Waals surface area contributed by atoms with Crippen LogP contribution < -0.4 is 14.4 Å². The monoisotopic (exact) mass is 410 g/mol. The lowest BCUT2D eigenvalue weighted by Gasteiger charge is -2.20. The first-order valence-electron chi connectivity index (χ1n) is 9.44. The second-order valence-electron chi connectivity index (χ2n) is 6.99. The van der Waals surface area contributed by atoms with Gasteiger partial charge in [-0.2, -0.15) is 0 Å². The molecule has 1 saturated heterocycles. The van der Waals surface area contributed by atoms with Gasteiger partial charge in [-0.3, -0.25) is 4.79 Å². The average Bonchev–Trinajstić information content (AvgIpc) is 3.17. The smallest absolute Gasteiger partial charge is 0.240 e. The van der Waals surface area contributed by atoms with Crippen molar-refractivity contribution >= 4 is 32.4 Å². The first kappa shape index (κ1) is 19.4. The van der Waals surface area contributed by atoms with Crippen molar-refractivity contribution in [3.8, 4) is 5.75 Å². The lowest BCUT2D eigenvalue weighted by atomic mass is 10.1. The molecule has 1 fully saturated rings. The summed E-state index contributed by atoms with van der Waals surface area (Å²) >= 11 is 0. The number of nitrogens with one attached hydrogen (secondary N) is 1. The maximum Gasteiger partial charge on any atom is 0.240 e. The minimum atomic E-state index is -3.75. The molecule has 1 heterocycles. The number of methoxy groups -OCH3 is 1. The third-order valence-electron chi connectivity index (χ3n) is 5.11. The Morgan fingerprint density at radius 2 is 1.83 bits per heavy atom. The SMILES string of the molecule is COc1ccc(S(=O)(=O)NCc2ccc3ccccc3c2)cc1N1CCCC1=O. The van der Waals surface area contributed by atoms with E-state index in [4.69, 9.17) is 4.74 Å². The highest BCUT2D eigenvalue weighted by Gasteiger charge is 2.26. The van der Waals surface area contributed by atoms with Crippen LogP contribution in [0.2, 0.25) is 0 Å². The minimum absolute atomic E-state index is 0.0260. The molecule has 29 heavy (non-hydrogen) atoms. The Morgan fingerprint density at radius 3 is 2.55 bits per heavy atom. The summed E-state index contributed by atoms with van der Waals surface area (Å²) in [4.78, 5) is 13.8. The van der Waals surface area contributed by atoms with Crippen molar-refractivity contribution in [2.24, 2.45) is 0 Å². The van der Waals surface area contributed by atoms with Gasteiger partial charge >= 0.3 is 0 Å². The standard InChI is InChI=1S/C22H22N2O4S/c1-28-21-11-10-19(14-20(21)24-12-4-7-22(24)25)29(26,27)23-15-16-8-9-17-5-2-3-6-18(17)13-16/h2-3,5-6,8-11,13-14,23H,4,7,12,15H2,1H3. The van der Waals surface area contributed by atoms with Crippen molar-refractivity contribution in [3.63, 3.8) is 0 Å². The fraction of sp³-hybridized carbons (Fsp3) is 0.227. The second-order valence-corrected chi connectivity index (χ2v) is 8.76. The van der Waals surface area contributed by atoms with Crippen molar-refractivity contribution in [1.29, 1.82) is 0 Å². The van der Waals surface area contributed by atoms with Crippen LogP contribution >= 0.6 is 0 Å². The highest BCUT2D eigenvalue weighted by Crippen LogP contribution is 2.33. The number of fused-ring (bicyclic) bond motifs is 1. The van der Waals surface area contributed by atoms with Crippen LogP contribution in [0.3, 0.4) is 0 Å². The molecule has 6 nitrogen and oxygen atoms in total. The highest BCUT2D eigenvalue weighted by molar-refractivity contribution is 7.89. The number of carbonyl (C=O) groups is 1. The Bertz CT molecular complexity index is 1170. The van der Waals surface area contributed by atoms with Gasteiger partial charge in [0.1, 0.15) is 5.75 Å². The van der Waals surface area contributed by atoms with Gasteiger partial charge in [0.2, 0.25) is 15.9 Å². The van der Waals surface area contributed by atoms with Crippen LogP contribution in [0.1, 0.15) is 18.4 Å². The third kappa shape index (κ3) is 3.97. The molecule has 4 rings (SSSR count). The summed E-state index contributed by atoms with van der Waals surface area (Å²) in [6.07, 6.45) is 1.21. The molecule has 3 aromatic carbocycles. The van der Waals surface area contributed by atoms with Crippen molar-refractivity contribution in [2.45, 2.75) is 24.3 Å². The van der Waals surface area contributed by atoms with E-state index < -0.39 is 10.0 Å². The van der Waals surface area contributed by atoms with Crippen LogP contribution in [0, 0.1) is 0 Å². The first-order chi connectivity index (χ1) is 14.0. The Balaban J connectivity index is 1.58. The number of nitrogens with zero attached hydrogens (tertiary/aromatic N) is 1. The molecule has 1 aliphatic rings. The largest absolute Gasteiger partial charge is 0.495 e. The van der Waals surface area contributed by atoms with Gasteiger partial charge in [0, 0.05) is 19.5 Å². The summed E-state index contributed by atoms with van der Waals surface area (Å²) in [5.41, 5.74) is 1.36. The van der Waals surface area contributed by atoms with E-state index in [0.29, 0.717) is 24.4 Å². The van der Waals surface area contributed by atoms with Gasteiger partial charge in [-0.15, -0.1) is 0 Å². The van der Waals surface area contributed by atoms with Gasteiger partial charge in [0.15, 0.2) is 0 Å². The molecule has 0 aliphatic carbocycles. The predicted molar refractivity (Wildman–Crippen MR) is 113 cm³/mol. The van der Waals surface area contributed by atoms with E-state index in [9.17, 15) is 13.2 Å². The van der Waals surface area contributed by atoms with Crippen molar-refractivity contribution in [2.75, 3.05) is 18.6 Å². The summed E-state index contributed by atoms with van der Waals surface area (Å²) in [5.74, 6) is 0.454. The number of rotatable bonds is 6. The summed E-state index contributed by atoms with van der Waals surface area (Å²) in [7, 11) is -2.24. The Hall–Kier alpha value is -2.90. The van der Waals surface area contributed by atoms with Gasteiger partial charge in [-0.05, 0) is 47.0 Å². The molecule has 0 saturated carbocycles. The van der Waals surface area contributed by atoms with Crippen LogP contribution in [-0.4, -0.2) is 28.0 Å². The van der Waals surface area contributed by atoms with Crippen LogP contribution in [0.15, 0.2) is 65.6 Å². The fourth-order valence-electron chi connectivity index (χ4n) is 3.56. The lowest BCUT2D eigenvalue weighted by Crippen LogP contribution is -2.26. The van der Waals surface area contributed by atoms with Crippen molar-refractivity contribution in [3.05, 3.63) is 66.2 Å². The molecule has 1 amide bonds. The average molecular weight is 410 g/mol. The molecule has 0 unspecified atom stereocenters. The molecular formula is C22H22N2O4S. The van der Waals surface area contributed by atoms with E-state index >= 15 is 0 Å². The van der Waals surface area contributed by atoms with Gasteiger partial charge < -0.3 is 9.64 Å². The number of benzene rings is 3. The van der Waals surface area contributed by atoms with E-state index in [1.165, 1.54) is 19.2 Å². The molecule has 150 valence electrons. The number of carbonyl (C=O) groups excluding carboxylic acids is 1. The molecule has 1 aliphatic heterocycles. The lowest BCUT2D eigenvalue weighted by molar-refractivity contribution is -0.117. The van der Waals surface area contributed by atoms with E-state index in [0.717, 1.165) is 22.8 Å². The molecule has 0 aromatic heterocycles. The number of anilines is 1. The first-order valence-corrected chi connectivity index (χ1v) is 10.9. The van der Waals surface area contributed by atoms with E-state index in [1.54, 1.807) is 11.0 Å². The summed E-state index contributed by atoms with van der Waals surface area (Å²) in [6.45, 7) is 0.736. The minimum Gasteiger partial charge on any atom is -0.495 e. The van der Waals surface area contributed by atoms with Crippen LogP contribution in [0.25, 0.3) is 10.8 Å². The molecule has 0 bridgehead atoms. The zero-order valence-corrected chi connectivity index (χ0v) is 16.9. The predicted octanol–water partition coefficient (Wildman–Crippen LogP) is 3.45. The summed E-state index contributed by atoms with van der Waals surface area (Å²) < 4.78 is 33.7. The fourth-order valence-corrected chi connectivity index (χ4v) is 4.60. The molecule has 0 spiro atoms. The quantitative estimate of drug-likeness (QED) is 0.675. The summed E-state index contributed by atoms with van der Waals surface area (Å²) in [6, 6.07) is 18.4. The number of hydrogen-bond acceptors (Lipinski definition) is 4. The normalized spacial score (nSPS) is 14.5. The summed E-state index contributed by atoms with van der Waals surface area (Å²) in [5, 5.41) is 2.16. The molecule has 1 N–H and O–H groups in total.